The van der Waals surface area contributed by atoms with Crippen molar-refractivity contribution in [3.63, 3.8) is 0 Å². The second-order valence-electron chi connectivity index (χ2n) is 6.70. The van der Waals surface area contributed by atoms with Crippen LogP contribution in [0.5, 0.6) is 5.75 Å². The van der Waals surface area contributed by atoms with Crippen molar-refractivity contribution >= 4 is 22.6 Å². The van der Waals surface area contributed by atoms with Gasteiger partial charge in [0.1, 0.15) is 5.75 Å². The average Bonchev–Trinajstić information content (AvgIpc) is 2.67. The van der Waals surface area contributed by atoms with Gasteiger partial charge in [-0.2, -0.15) is 0 Å². The lowest BCUT2D eigenvalue weighted by atomic mass is 9.82. The third kappa shape index (κ3) is 3.98. The van der Waals surface area contributed by atoms with Crippen LogP contribution in [0.3, 0.4) is 0 Å². The van der Waals surface area contributed by atoms with Crippen LogP contribution in [0.1, 0.15) is 45.1 Å². The fourth-order valence-electron chi connectivity index (χ4n) is 3.08. The molecule has 0 unspecified atom stereocenters. The normalized spacial score (nSPS) is 12.6. The number of benzene rings is 2. The topological polar surface area (TPSA) is 75.6 Å². The highest BCUT2D eigenvalue weighted by Gasteiger charge is 2.35. The molecule has 2 aromatic carbocycles. The molecule has 0 spiro atoms. The fourth-order valence-corrected chi connectivity index (χ4v) is 3.08. The summed E-state index contributed by atoms with van der Waals surface area (Å²) in [5.41, 5.74) is -0.0101. The number of ether oxygens (including phenoxy) is 1. The number of hydrogen-bond donors (Lipinski definition) is 2. The Morgan fingerprint density at radius 3 is 2.31 bits per heavy atom. The van der Waals surface area contributed by atoms with Gasteiger partial charge < -0.3 is 15.2 Å². The van der Waals surface area contributed by atoms with E-state index in [4.69, 9.17) is 4.74 Å². The fraction of sp³-hybridized carbons (Fsp3) is 0.429. The summed E-state index contributed by atoms with van der Waals surface area (Å²) in [5, 5.41) is 14.4. The summed E-state index contributed by atoms with van der Waals surface area (Å²) < 4.78 is 5.23. The lowest BCUT2D eigenvalue weighted by Crippen LogP contribution is -2.43. The molecule has 1 amide bonds. The van der Waals surface area contributed by atoms with Crippen molar-refractivity contribution in [1.82, 2.24) is 5.32 Å². The highest BCUT2D eigenvalue weighted by Crippen LogP contribution is 2.27. The predicted octanol–water partition coefficient (Wildman–Crippen LogP) is 3.96. The molecule has 0 aliphatic rings. The van der Waals surface area contributed by atoms with Crippen LogP contribution in [0.4, 0.5) is 0 Å². The van der Waals surface area contributed by atoms with E-state index in [1.54, 1.807) is 7.11 Å². The summed E-state index contributed by atoms with van der Waals surface area (Å²) >= 11 is 0. The van der Waals surface area contributed by atoms with Gasteiger partial charge in [-0.3, -0.25) is 9.59 Å². The molecular weight excluding hydrogens is 330 g/mol. The first-order valence-electron chi connectivity index (χ1n) is 8.95. The minimum absolute atomic E-state index is 0.142. The third-order valence-corrected chi connectivity index (χ3v) is 5.37. The molecule has 0 radical (unpaired) electrons. The van der Waals surface area contributed by atoms with Crippen molar-refractivity contribution in [2.45, 2.75) is 39.5 Å². The van der Waals surface area contributed by atoms with E-state index in [0.717, 1.165) is 22.1 Å². The Morgan fingerprint density at radius 1 is 1.12 bits per heavy atom. The quantitative estimate of drug-likeness (QED) is 0.750. The molecule has 5 nitrogen and oxygen atoms in total. The van der Waals surface area contributed by atoms with E-state index in [2.05, 4.69) is 5.32 Å². The zero-order valence-electron chi connectivity index (χ0n) is 15.8. The first kappa shape index (κ1) is 19.8. The molecule has 1 atom stereocenters. The highest BCUT2D eigenvalue weighted by molar-refractivity contribution is 5.88. The minimum atomic E-state index is -0.907. The molecule has 2 N–H and O–H groups in total. The molecule has 140 valence electrons. The van der Waals surface area contributed by atoms with Crippen molar-refractivity contribution in [2.75, 3.05) is 13.7 Å². The lowest BCUT2D eigenvalue weighted by Gasteiger charge is -2.27. The number of amides is 1. The van der Waals surface area contributed by atoms with E-state index in [9.17, 15) is 14.7 Å². The maximum atomic E-state index is 12.6. The smallest absolute Gasteiger partial charge is 0.311 e. The minimum Gasteiger partial charge on any atom is -0.497 e. The molecule has 5 heteroatoms. The monoisotopic (exact) mass is 357 g/mol. The highest BCUT2D eigenvalue weighted by atomic mass is 16.5. The van der Waals surface area contributed by atoms with Crippen LogP contribution in [0.2, 0.25) is 0 Å². The molecule has 26 heavy (non-hydrogen) atoms. The summed E-state index contributed by atoms with van der Waals surface area (Å²) in [6.07, 6.45) is 0.955. The van der Waals surface area contributed by atoms with Gasteiger partial charge in [0.05, 0.1) is 18.4 Å². The molecule has 2 rings (SSSR count). The second-order valence-corrected chi connectivity index (χ2v) is 6.70. The van der Waals surface area contributed by atoms with Gasteiger partial charge in [-0.25, -0.2) is 0 Å². The van der Waals surface area contributed by atoms with E-state index in [1.165, 1.54) is 0 Å². The van der Waals surface area contributed by atoms with Gasteiger partial charge >= 0.3 is 5.97 Å². The first-order chi connectivity index (χ1) is 12.4. The molecule has 0 fully saturated rings. The van der Waals surface area contributed by atoms with Crippen LogP contribution in [-0.4, -0.2) is 30.6 Å². The van der Waals surface area contributed by atoms with Gasteiger partial charge in [0.25, 0.3) is 0 Å². The maximum Gasteiger partial charge on any atom is 0.311 e. The predicted molar refractivity (Wildman–Crippen MR) is 103 cm³/mol. The van der Waals surface area contributed by atoms with Crippen molar-refractivity contribution in [1.29, 1.82) is 0 Å². The maximum absolute atomic E-state index is 12.6. The van der Waals surface area contributed by atoms with Crippen molar-refractivity contribution in [3.05, 3.63) is 42.0 Å². The lowest BCUT2D eigenvalue weighted by molar-refractivity contribution is -0.149. The van der Waals surface area contributed by atoms with E-state index in [0.29, 0.717) is 12.8 Å². The Morgan fingerprint density at radius 2 is 1.73 bits per heavy atom. The molecule has 0 aromatic heterocycles. The number of carbonyl (C=O) groups excluding carboxylic acids is 1. The second kappa shape index (κ2) is 8.21. The van der Waals surface area contributed by atoms with E-state index in [-0.39, 0.29) is 18.4 Å². The summed E-state index contributed by atoms with van der Waals surface area (Å²) in [4.78, 5) is 24.1. The summed E-state index contributed by atoms with van der Waals surface area (Å²) in [6.45, 7) is 5.65. The number of carbonyl (C=O) groups is 2. The van der Waals surface area contributed by atoms with Crippen molar-refractivity contribution in [3.8, 4) is 5.75 Å². The van der Waals surface area contributed by atoms with E-state index < -0.39 is 11.4 Å². The zero-order chi connectivity index (χ0) is 19.3. The summed E-state index contributed by atoms with van der Waals surface area (Å²) in [5.74, 6) is -0.595. The third-order valence-electron chi connectivity index (χ3n) is 5.37. The summed E-state index contributed by atoms with van der Waals surface area (Å²) in [7, 11) is 1.63. The van der Waals surface area contributed by atoms with Crippen molar-refractivity contribution in [2.24, 2.45) is 5.41 Å². The zero-order valence-corrected chi connectivity index (χ0v) is 15.8. The molecule has 0 saturated carbocycles. The number of methoxy groups -OCH3 is 1. The SMILES string of the molecule is CCC(CC)(CNC(=O)[C@@H](C)c1ccc2cc(OC)ccc2c1)C(=O)O. The standard InChI is InChI=1S/C21H27NO4/c1-5-21(6-2,20(24)25)13-22-19(23)14(3)15-7-8-17-12-18(26-4)10-9-16(17)11-15/h7-12,14H,5-6,13H2,1-4H3,(H,22,23)(H,24,25)/t14-/m0/s1. The Kier molecular flexibility index (Phi) is 6.24. The Bertz CT molecular complexity index is 796. The van der Waals surface area contributed by atoms with Gasteiger partial charge in [-0.05, 0) is 48.2 Å². The molecule has 0 aliphatic carbocycles. The Hall–Kier alpha value is -2.56. The number of hydrogen-bond acceptors (Lipinski definition) is 3. The van der Waals surface area contributed by atoms with Gasteiger partial charge in [0.2, 0.25) is 5.91 Å². The van der Waals surface area contributed by atoms with E-state index in [1.807, 2.05) is 57.2 Å². The Balaban J connectivity index is 2.15. The van der Waals surface area contributed by atoms with Crippen LogP contribution in [0.15, 0.2) is 36.4 Å². The number of fused-ring (bicyclic) bond motifs is 1. The number of rotatable bonds is 8. The van der Waals surface area contributed by atoms with Gasteiger partial charge in [-0.1, -0.05) is 38.1 Å². The molecule has 0 saturated heterocycles. The Labute approximate surface area is 154 Å². The van der Waals surface area contributed by atoms with Gasteiger partial charge in [-0.15, -0.1) is 0 Å². The number of nitrogens with one attached hydrogen (secondary N) is 1. The van der Waals surface area contributed by atoms with Crippen LogP contribution in [0, 0.1) is 5.41 Å². The first-order valence-corrected chi connectivity index (χ1v) is 8.95. The number of carboxylic acid groups (broad SMARTS) is 1. The van der Waals surface area contributed by atoms with E-state index >= 15 is 0 Å². The average molecular weight is 357 g/mol. The molecule has 0 heterocycles. The molecule has 0 bridgehead atoms. The number of aliphatic carboxylic acids is 1. The van der Waals surface area contributed by atoms with Crippen LogP contribution in [-0.2, 0) is 9.59 Å². The van der Waals surface area contributed by atoms with Crippen molar-refractivity contribution < 1.29 is 19.4 Å². The van der Waals surface area contributed by atoms with Crippen LogP contribution >= 0.6 is 0 Å². The summed E-state index contributed by atoms with van der Waals surface area (Å²) in [6, 6.07) is 11.7. The van der Waals surface area contributed by atoms with Gasteiger partial charge in [0.15, 0.2) is 0 Å². The van der Waals surface area contributed by atoms with Crippen LogP contribution in [0.25, 0.3) is 10.8 Å². The van der Waals surface area contributed by atoms with Gasteiger partial charge in [0, 0.05) is 6.54 Å². The van der Waals surface area contributed by atoms with Crippen LogP contribution < -0.4 is 10.1 Å². The largest absolute Gasteiger partial charge is 0.497 e. The molecule has 0 aliphatic heterocycles. The number of carboxylic acids is 1. The molecule has 2 aromatic rings. The molecular formula is C21H27NO4.